The first-order valence-corrected chi connectivity index (χ1v) is 32.1. The molecule has 69 heavy (non-hydrogen) atoms. The molecule has 0 radical (unpaired) electrons. The lowest BCUT2D eigenvalue weighted by atomic mass is 10.0. The van der Waals surface area contributed by atoms with E-state index in [1.807, 2.05) is 0 Å². The van der Waals surface area contributed by atoms with Crippen LogP contribution in [0.5, 0.6) is 0 Å². The zero-order valence-electron chi connectivity index (χ0n) is 46.2. The summed E-state index contributed by atoms with van der Waals surface area (Å²) in [5.41, 5.74) is 0. The van der Waals surface area contributed by atoms with Crippen LogP contribution in [0.15, 0.2) is 0 Å². The first-order chi connectivity index (χ1) is 33.6. The Morgan fingerprint density at radius 3 is 1.09 bits per heavy atom. The van der Waals surface area contributed by atoms with Crippen molar-refractivity contribution >= 4 is 27.7 Å². The molecule has 0 aromatic heterocycles. The standard InChI is InChI=1S/C59H114N2O7S/c1-5-9-13-17-21-26-33-43-55(41-31-24-19-15-11-7-3)67-58(63)46-35-28-23-29-38-49-61(57(62)45-37-40-48-60-51-53-69(65,66)54-52-60)50-39-30-36-47-59(64)68-56(42-32-25-20-16-12-8-4)44-34-27-22-18-14-10-6-2/h55-56H,5-54H2,1-4H3. The van der Waals surface area contributed by atoms with Crippen molar-refractivity contribution in [2.24, 2.45) is 0 Å². The predicted octanol–water partition coefficient (Wildman–Crippen LogP) is 16.2. The van der Waals surface area contributed by atoms with Gasteiger partial charge in [0, 0.05) is 45.4 Å². The fraction of sp³-hybridized carbons (Fsp3) is 0.949. The molecule has 0 spiro atoms. The minimum atomic E-state index is -2.90. The topological polar surface area (TPSA) is 110 Å². The highest BCUT2D eigenvalue weighted by Gasteiger charge is 2.22. The third-order valence-electron chi connectivity index (χ3n) is 14.6. The van der Waals surface area contributed by atoms with Crippen molar-refractivity contribution in [3.63, 3.8) is 0 Å². The second kappa shape index (κ2) is 47.3. The van der Waals surface area contributed by atoms with E-state index in [4.69, 9.17) is 9.47 Å². The van der Waals surface area contributed by atoms with Gasteiger partial charge < -0.3 is 19.3 Å². The average Bonchev–Trinajstić information content (AvgIpc) is 3.33. The van der Waals surface area contributed by atoms with Crippen molar-refractivity contribution in [3.05, 3.63) is 0 Å². The molecule has 0 aliphatic carbocycles. The summed E-state index contributed by atoms with van der Waals surface area (Å²) in [5, 5.41) is 0. The molecule has 1 fully saturated rings. The molecule has 1 saturated heterocycles. The van der Waals surface area contributed by atoms with Gasteiger partial charge in [-0.15, -0.1) is 0 Å². The largest absolute Gasteiger partial charge is 0.462 e. The number of hydrogen-bond donors (Lipinski definition) is 0. The van der Waals surface area contributed by atoms with E-state index in [-0.39, 0.29) is 41.6 Å². The van der Waals surface area contributed by atoms with Crippen molar-refractivity contribution < 1.29 is 32.3 Å². The van der Waals surface area contributed by atoms with Crippen LogP contribution >= 0.6 is 0 Å². The SMILES string of the molecule is CCCCCCCCCC(CCCCCCCC)OC(=O)CCCCCCCN(CCCCCC(=O)OC(CCCCCCCC)CCCCCCCCC)C(=O)CCCCN1CCS(=O)(=O)CC1. The van der Waals surface area contributed by atoms with Crippen molar-refractivity contribution in [2.75, 3.05) is 44.2 Å². The number of nitrogens with zero attached hydrogens (tertiary/aromatic N) is 2. The molecule has 1 amide bonds. The molecular formula is C59H114N2O7S. The van der Waals surface area contributed by atoms with Crippen molar-refractivity contribution in [1.29, 1.82) is 0 Å². The summed E-state index contributed by atoms with van der Waals surface area (Å²) in [6.45, 7) is 12.5. The smallest absolute Gasteiger partial charge is 0.306 e. The summed E-state index contributed by atoms with van der Waals surface area (Å²) in [4.78, 5) is 43.9. The van der Waals surface area contributed by atoms with Gasteiger partial charge in [0.25, 0.3) is 0 Å². The molecule has 1 rings (SSSR count). The van der Waals surface area contributed by atoms with E-state index in [0.29, 0.717) is 38.9 Å². The van der Waals surface area contributed by atoms with E-state index < -0.39 is 9.84 Å². The first-order valence-electron chi connectivity index (χ1n) is 30.2. The fourth-order valence-electron chi connectivity index (χ4n) is 9.93. The third-order valence-corrected chi connectivity index (χ3v) is 16.2. The monoisotopic (exact) mass is 995 g/mol. The van der Waals surface area contributed by atoms with E-state index >= 15 is 0 Å². The lowest BCUT2D eigenvalue weighted by Gasteiger charge is -2.26. The van der Waals surface area contributed by atoms with Gasteiger partial charge in [-0.05, 0) is 96.4 Å². The Labute approximate surface area is 428 Å². The van der Waals surface area contributed by atoms with Crippen LogP contribution < -0.4 is 0 Å². The highest BCUT2D eigenvalue weighted by molar-refractivity contribution is 7.91. The van der Waals surface area contributed by atoms with Crippen molar-refractivity contribution in [2.45, 2.75) is 316 Å². The number of esters is 2. The Kier molecular flexibility index (Phi) is 44.8. The summed E-state index contributed by atoms with van der Waals surface area (Å²) < 4.78 is 35.9. The van der Waals surface area contributed by atoms with Crippen LogP contribution in [0.25, 0.3) is 0 Å². The Morgan fingerprint density at radius 1 is 0.406 bits per heavy atom. The summed E-state index contributed by atoms with van der Waals surface area (Å²) in [6, 6.07) is 0. The number of unbranched alkanes of at least 4 members (excludes halogenated alkanes) is 29. The van der Waals surface area contributed by atoms with Crippen LogP contribution in [0, 0.1) is 0 Å². The van der Waals surface area contributed by atoms with Gasteiger partial charge in [-0.3, -0.25) is 14.4 Å². The highest BCUT2D eigenvalue weighted by atomic mass is 32.2. The molecule has 0 bridgehead atoms. The number of carbonyl (C=O) groups is 3. The molecule has 1 aliphatic rings. The maximum Gasteiger partial charge on any atom is 0.306 e. The van der Waals surface area contributed by atoms with Crippen LogP contribution in [0.2, 0.25) is 0 Å². The molecule has 2 unspecified atom stereocenters. The zero-order valence-corrected chi connectivity index (χ0v) is 47.0. The second-order valence-electron chi connectivity index (χ2n) is 21.3. The van der Waals surface area contributed by atoms with Crippen LogP contribution in [0.3, 0.4) is 0 Å². The molecule has 2 atom stereocenters. The summed E-state index contributed by atoms with van der Waals surface area (Å²) in [7, 11) is -2.90. The normalized spacial score (nSPS) is 14.7. The number of ether oxygens (including phenoxy) is 2. The molecule has 1 aliphatic heterocycles. The van der Waals surface area contributed by atoms with Crippen LogP contribution in [0.4, 0.5) is 0 Å². The molecule has 0 N–H and O–H groups in total. The number of hydrogen-bond acceptors (Lipinski definition) is 8. The van der Waals surface area contributed by atoms with E-state index in [9.17, 15) is 22.8 Å². The Bertz CT molecular complexity index is 1280. The van der Waals surface area contributed by atoms with Gasteiger partial charge in [0.2, 0.25) is 5.91 Å². The summed E-state index contributed by atoms with van der Waals surface area (Å²) >= 11 is 0. The van der Waals surface area contributed by atoms with Gasteiger partial charge in [0.05, 0.1) is 11.5 Å². The highest BCUT2D eigenvalue weighted by Crippen LogP contribution is 2.21. The van der Waals surface area contributed by atoms with Gasteiger partial charge >= 0.3 is 11.9 Å². The van der Waals surface area contributed by atoms with Gasteiger partial charge in [-0.25, -0.2) is 8.42 Å². The number of carbonyl (C=O) groups excluding carboxylic acids is 3. The second-order valence-corrected chi connectivity index (χ2v) is 23.6. The number of sulfone groups is 1. The maximum atomic E-state index is 13.6. The molecule has 0 aromatic rings. The zero-order chi connectivity index (χ0) is 50.3. The molecular weight excluding hydrogens is 881 g/mol. The predicted molar refractivity (Wildman–Crippen MR) is 293 cm³/mol. The van der Waals surface area contributed by atoms with E-state index in [1.165, 1.54) is 141 Å². The van der Waals surface area contributed by atoms with Gasteiger partial charge in [0.15, 0.2) is 9.84 Å². The number of rotatable bonds is 51. The Morgan fingerprint density at radius 2 is 0.710 bits per heavy atom. The van der Waals surface area contributed by atoms with E-state index in [2.05, 4.69) is 37.5 Å². The third kappa shape index (κ3) is 41.5. The van der Waals surface area contributed by atoms with Crippen LogP contribution in [-0.4, -0.2) is 92.5 Å². The van der Waals surface area contributed by atoms with Crippen molar-refractivity contribution in [1.82, 2.24) is 9.80 Å². The van der Waals surface area contributed by atoms with Crippen LogP contribution in [-0.2, 0) is 33.7 Å². The fourth-order valence-corrected chi connectivity index (χ4v) is 11.2. The first kappa shape index (κ1) is 65.3. The van der Waals surface area contributed by atoms with Gasteiger partial charge in [-0.2, -0.15) is 0 Å². The molecule has 1 heterocycles. The van der Waals surface area contributed by atoms with Gasteiger partial charge in [-0.1, -0.05) is 195 Å². The minimum Gasteiger partial charge on any atom is -0.462 e. The van der Waals surface area contributed by atoms with Crippen molar-refractivity contribution in [3.8, 4) is 0 Å². The average molecular weight is 996 g/mol. The quantitative estimate of drug-likeness (QED) is 0.0438. The summed E-state index contributed by atoms with van der Waals surface area (Å²) in [6.07, 6.45) is 47.5. The molecule has 0 saturated carbocycles. The molecule has 0 aromatic carbocycles. The van der Waals surface area contributed by atoms with E-state index in [1.54, 1.807) is 0 Å². The van der Waals surface area contributed by atoms with E-state index in [0.717, 1.165) is 129 Å². The minimum absolute atomic E-state index is 0.0271. The number of amides is 1. The van der Waals surface area contributed by atoms with Crippen LogP contribution in [0.1, 0.15) is 304 Å². The lowest BCUT2D eigenvalue weighted by molar-refractivity contribution is -0.151. The molecule has 9 nitrogen and oxygen atoms in total. The lowest BCUT2D eigenvalue weighted by Crippen LogP contribution is -2.40. The van der Waals surface area contributed by atoms with Gasteiger partial charge in [0.1, 0.15) is 12.2 Å². The molecule has 10 heteroatoms. The Balaban J connectivity index is 2.58. The maximum absolute atomic E-state index is 13.6. The molecule has 408 valence electrons. The Hall–Kier alpha value is -1.68. The summed E-state index contributed by atoms with van der Waals surface area (Å²) in [5.74, 6) is 0.589.